The molecule has 0 aliphatic carbocycles. The largest absolute Gasteiger partial charge is 0.468 e. The van der Waals surface area contributed by atoms with E-state index in [1.165, 1.54) is 24.9 Å². The minimum atomic E-state index is 0.677. The summed E-state index contributed by atoms with van der Waals surface area (Å²) in [7, 11) is 1.96. The third-order valence-electron chi connectivity index (χ3n) is 3.72. The number of furan rings is 1. The second kappa shape index (κ2) is 5.69. The van der Waals surface area contributed by atoms with E-state index in [9.17, 15) is 0 Å². The molecule has 0 spiro atoms. The Balaban J connectivity index is 1.91. The van der Waals surface area contributed by atoms with Crippen LogP contribution in [0, 0.1) is 5.92 Å². The Labute approximate surface area is 104 Å². The second-order valence-corrected chi connectivity index (χ2v) is 5.40. The summed E-state index contributed by atoms with van der Waals surface area (Å²) in [5.74, 6) is 1.97. The monoisotopic (exact) mass is 236 g/mol. The van der Waals surface area contributed by atoms with E-state index in [-0.39, 0.29) is 0 Å². The first kappa shape index (κ1) is 12.7. The summed E-state index contributed by atoms with van der Waals surface area (Å²) in [6.07, 6.45) is 4.49. The normalized spacial score (nSPS) is 26.3. The van der Waals surface area contributed by atoms with Gasteiger partial charge in [0.05, 0.1) is 12.8 Å². The molecular weight excluding hydrogens is 212 g/mol. The average molecular weight is 236 g/mol. The van der Waals surface area contributed by atoms with Gasteiger partial charge in [0.1, 0.15) is 5.76 Å². The Hall–Kier alpha value is -0.800. The predicted octanol–water partition coefficient (Wildman–Crippen LogP) is 2.62. The lowest BCUT2D eigenvalue weighted by Crippen LogP contribution is -2.39. The van der Waals surface area contributed by atoms with Crippen molar-refractivity contribution in [3.05, 3.63) is 23.7 Å². The van der Waals surface area contributed by atoms with Crippen LogP contribution in [0.4, 0.5) is 0 Å². The molecule has 96 valence electrons. The van der Waals surface area contributed by atoms with Gasteiger partial charge in [0.25, 0.3) is 0 Å². The third-order valence-corrected chi connectivity index (χ3v) is 3.72. The standard InChI is InChI=1S/C14H24N2O/c1-11-4-5-16(12(2)6-11)9-14-7-13(8-15-3)10-17-14/h7,10-12,15H,4-6,8-9H2,1-3H3. The van der Waals surface area contributed by atoms with Gasteiger partial charge >= 0.3 is 0 Å². The van der Waals surface area contributed by atoms with Crippen molar-refractivity contribution in [1.29, 1.82) is 0 Å². The minimum Gasteiger partial charge on any atom is -0.468 e. The lowest BCUT2D eigenvalue weighted by molar-refractivity contribution is 0.114. The van der Waals surface area contributed by atoms with Crippen LogP contribution in [0.5, 0.6) is 0 Å². The van der Waals surface area contributed by atoms with Crippen LogP contribution in [0.2, 0.25) is 0 Å². The van der Waals surface area contributed by atoms with Crippen molar-refractivity contribution in [1.82, 2.24) is 10.2 Å². The molecule has 0 bridgehead atoms. The van der Waals surface area contributed by atoms with Crippen molar-refractivity contribution in [3.8, 4) is 0 Å². The van der Waals surface area contributed by atoms with E-state index >= 15 is 0 Å². The van der Waals surface area contributed by atoms with Crippen LogP contribution in [0.15, 0.2) is 16.7 Å². The number of piperidine rings is 1. The number of likely N-dealkylation sites (tertiary alicyclic amines) is 1. The Morgan fingerprint density at radius 3 is 3.00 bits per heavy atom. The van der Waals surface area contributed by atoms with Crippen LogP contribution in [-0.4, -0.2) is 24.5 Å². The molecule has 1 fully saturated rings. The van der Waals surface area contributed by atoms with E-state index in [1.807, 2.05) is 13.3 Å². The van der Waals surface area contributed by atoms with E-state index < -0.39 is 0 Å². The molecule has 1 aliphatic rings. The highest BCUT2D eigenvalue weighted by Crippen LogP contribution is 2.24. The van der Waals surface area contributed by atoms with Crippen LogP contribution in [0.1, 0.15) is 38.0 Å². The van der Waals surface area contributed by atoms with Crippen LogP contribution in [-0.2, 0) is 13.1 Å². The summed E-state index contributed by atoms with van der Waals surface area (Å²) in [4.78, 5) is 2.53. The first-order chi connectivity index (χ1) is 8.19. The number of rotatable bonds is 4. The fraction of sp³-hybridized carbons (Fsp3) is 0.714. The molecule has 0 amide bonds. The van der Waals surface area contributed by atoms with E-state index in [4.69, 9.17) is 4.42 Å². The molecule has 1 aromatic rings. The van der Waals surface area contributed by atoms with Crippen molar-refractivity contribution in [2.45, 2.75) is 45.8 Å². The molecule has 2 atom stereocenters. The summed E-state index contributed by atoms with van der Waals surface area (Å²) in [5.41, 5.74) is 1.24. The molecule has 1 saturated heterocycles. The smallest absolute Gasteiger partial charge is 0.118 e. The molecule has 2 heterocycles. The lowest BCUT2D eigenvalue weighted by Gasteiger charge is -2.35. The minimum absolute atomic E-state index is 0.677. The third kappa shape index (κ3) is 3.33. The van der Waals surface area contributed by atoms with Crippen molar-refractivity contribution >= 4 is 0 Å². The Morgan fingerprint density at radius 2 is 2.29 bits per heavy atom. The molecule has 2 rings (SSSR count). The Morgan fingerprint density at radius 1 is 1.47 bits per heavy atom. The summed E-state index contributed by atoms with van der Waals surface area (Å²) < 4.78 is 5.61. The van der Waals surface area contributed by atoms with Gasteiger partial charge in [-0.25, -0.2) is 0 Å². The molecule has 1 aliphatic heterocycles. The summed E-state index contributed by atoms with van der Waals surface area (Å²) in [5, 5.41) is 3.14. The highest BCUT2D eigenvalue weighted by Gasteiger charge is 2.23. The molecule has 3 heteroatoms. The number of nitrogens with one attached hydrogen (secondary N) is 1. The van der Waals surface area contributed by atoms with E-state index in [0.29, 0.717) is 6.04 Å². The Bertz CT molecular complexity index is 348. The van der Waals surface area contributed by atoms with Gasteiger partial charge in [0, 0.05) is 18.2 Å². The summed E-state index contributed by atoms with van der Waals surface area (Å²) in [6, 6.07) is 2.85. The topological polar surface area (TPSA) is 28.4 Å². The number of hydrogen-bond donors (Lipinski definition) is 1. The van der Waals surface area contributed by atoms with E-state index in [2.05, 4.69) is 30.1 Å². The van der Waals surface area contributed by atoms with Gasteiger partial charge in [-0.2, -0.15) is 0 Å². The molecule has 0 radical (unpaired) electrons. The maximum absolute atomic E-state index is 5.61. The lowest BCUT2D eigenvalue weighted by atomic mass is 9.93. The summed E-state index contributed by atoms with van der Waals surface area (Å²) >= 11 is 0. The molecule has 17 heavy (non-hydrogen) atoms. The maximum atomic E-state index is 5.61. The molecular formula is C14H24N2O. The zero-order chi connectivity index (χ0) is 12.3. The van der Waals surface area contributed by atoms with Crippen LogP contribution >= 0.6 is 0 Å². The van der Waals surface area contributed by atoms with Gasteiger partial charge < -0.3 is 9.73 Å². The van der Waals surface area contributed by atoms with Crippen LogP contribution in [0.25, 0.3) is 0 Å². The second-order valence-electron chi connectivity index (χ2n) is 5.40. The molecule has 1 aromatic heterocycles. The molecule has 0 aromatic carbocycles. The molecule has 2 unspecified atom stereocenters. The van der Waals surface area contributed by atoms with Crippen molar-refractivity contribution < 1.29 is 4.42 Å². The van der Waals surface area contributed by atoms with Gasteiger partial charge in [-0.1, -0.05) is 6.92 Å². The first-order valence-electron chi connectivity index (χ1n) is 6.64. The van der Waals surface area contributed by atoms with Crippen LogP contribution in [0.3, 0.4) is 0 Å². The fourth-order valence-corrected chi connectivity index (χ4v) is 2.70. The van der Waals surface area contributed by atoms with Gasteiger partial charge in [-0.05, 0) is 45.3 Å². The van der Waals surface area contributed by atoms with Gasteiger partial charge in [-0.15, -0.1) is 0 Å². The Kier molecular flexibility index (Phi) is 4.24. The van der Waals surface area contributed by atoms with Gasteiger partial charge in [0.15, 0.2) is 0 Å². The quantitative estimate of drug-likeness (QED) is 0.871. The maximum Gasteiger partial charge on any atom is 0.118 e. The predicted molar refractivity (Wildman–Crippen MR) is 69.7 cm³/mol. The van der Waals surface area contributed by atoms with E-state index in [0.717, 1.165) is 24.8 Å². The SMILES string of the molecule is CNCc1coc(CN2CCC(C)CC2C)c1. The van der Waals surface area contributed by atoms with Crippen molar-refractivity contribution in [3.63, 3.8) is 0 Å². The highest BCUT2D eigenvalue weighted by molar-refractivity contribution is 5.12. The zero-order valence-electron chi connectivity index (χ0n) is 11.2. The molecule has 3 nitrogen and oxygen atoms in total. The van der Waals surface area contributed by atoms with E-state index in [1.54, 1.807) is 0 Å². The fourth-order valence-electron chi connectivity index (χ4n) is 2.70. The molecule has 0 saturated carbocycles. The van der Waals surface area contributed by atoms with Gasteiger partial charge in [-0.3, -0.25) is 4.90 Å². The zero-order valence-corrected chi connectivity index (χ0v) is 11.2. The van der Waals surface area contributed by atoms with Crippen molar-refractivity contribution in [2.75, 3.05) is 13.6 Å². The molecule has 1 N–H and O–H groups in total. The number of nitrogens with zero attached hydrogens (tertiary/aromatic N) is 1. The highest BCUT2D eigenvalue weighted by atomic mass is 16.3. The van der Waals surface area contributed by atoms with Gasteiger partial charge in [0.2, 0.25) is 0 Å². The van der Waals surface area contributed by atoms with Crippen LogP contribution < -0.4 is 5.32 Å². The number of hydrogen-bond acceptors (Lipinski definition) is 3. The average Bonchev–Trinajstić information content (AvgIpc) is 2.71. The first-order valence-corrected chi connectivity index (χ1v) is 6.64. The van der Waals surface area contributed by atoms with Crippen molar-refractivity contribution in [2.24, 2.45) is 5.92 Å². The summed E-state index contributed by atoms with van der Waals surface area (Å²) in [6.45, 7) is 7.72.